The quantitative estimate of drug-likeness (QED) is 0.417. The van der Waals surface area contributed by atoms with Crippen molar-refractivity contribution in [1.29, 1.82) is 0 Å². The average molecular weight is 485 g/mol. The van der Waals surface area contributed by atoms with Gasteiger partial charge in [-0.25, -0.2) is 4.99 Å². The first-order valence-corrected chi connectivity index (χ1v) is 12.3. The second-order valence-corrected chi connectivity index (χ2v) is 9.75. The Kier molecular flexibility index (Phi) is 6.35. The van der Waals surface area contributed by atoms with E-state index in [1.54, 1.807) is 17.0 Å². The first kappa shape index (κ1) is 23.2. The fourth-order valence-electron chi connectivity index (χ4n) is 4.62. The molecule has 0 saturated carbocycles. The third-order valence-electron chi connectivity index (χ3n) is 6.54. The Hall–Kier alpha value is -3.57. The van der Waals surface area contributed by atoms with Crippen LogP contribution in [0, 0.1) is 0 Å². The van der Waals surface area contributed by atoms with Crippen LogP contribution in [0.5, 0.6) is 0 Å². The van der Waals surface area contributed by atoms with Crippen LogP contribution in [0.3, 0.4) is 0 Å². The van der Waals surface area contributed by atoms with Gasteiger partial charge < -0.3 is 9.47 Å². The van der Waals surface area contributed by atoms with Crippen LogP contribution in [-0.2, 0) is 26.6 Å². The third kappa shape index (κ3) is 4.69. The Bertz CT molecular complexity index is 1530. The summed E-state index contributed by atoms with van der Waals surface area (Å²) in [7, 11) is 6.55. The molecule has 4 aromatic rings. The fraction of sp³-hybridized carbons (Fsp3) is 0.259. The van der Waals surface area contributed by atoms with Crippen molar-refractivity contribution in [2.24, 2.45) is 12.0 Å². The summed E-state index contributed by atoms with van der Waals surface area (Å²) in [6.07, 6.45) is 9.23. The molecule has 0 radical (unpaired) electrons. The van der Waals surface area contributed by atoms with Gasteiger partial charge in [0.2, 0.25) is 0 Å². The first-order valence-electron chi connectivity index (χ1n) is 11.7. The lowest BCUT2D eigenvalue weighted by molar-refractivity contribution is 0.498. The number of hydrogen-bond acceptors (Lipinski definition) is 5. The Balaban J connectivity index is 1.62. The van der Waals surface area contributed by atoms with Crippen molar-refractivity contribution in [1.82, 2.24) is 24.2 Å². The number of aromatic nitrogens is 4. The van der Waals surface area contributed by atoms with Gasteiger partial charge in [-0.1, -0.05) is 33.5 Å². The van der Waals surface area contributed by atoms with Gasteiger partial charge >= 0.3 is 0 Å². The Morgan fingerprint density at radius 1 is 1.14 bits per heavy atom. The molecule has 1 aliphatic heterocycles. The molecule has 0 spiro atoms. The summed E-state index contributed by atoms with van der Waals surface area (Å²) in [5.74, 6) is 0.899. The summed E-state index contributed by atoms with van der Waals surface area (Å²) in [5.41, 5.74) is 6.39. The Labute approximate surface area is 207 Å². The van der Waals surface area contributed by atoms with Gasteiger partial charge in [0.1, 0.15) is 5.84 Å². The second-order valence-electron chi connectivity index (χ2n) is 9.12. The van der Waals surface area contributed by atoms with Gasteiger partial charge in [-0.3, -0.25) is 14.5 Å². The van der Waals surface area contributed by atoms with Crippen molar-refractivity contribution in [2.45, 2.75) is 32.9 Å². The molecule has 1 atom stereocenters. The molecule has 1 unspecified atom stereocenters. The molecule has 0 N–H and O–H groups in total. The maximum Gasteiger partial charge on any atom is 0.258 e. The van der Waals surface area contributed by atoms with E-state index in [9.17, 15) is 4.79 Å². The number of fused-ring (bicyclic) bond motifs is 2. The molecule has 1 aliphatic rings. The van der Waals surface area contributed by atoms with Crippen LogP contribution in [0.4, 0.5) is 0 Å². The van der Waals surface area contributed by atoms with Gasteiger partial charge in [0, 0.05) is 54.9 Å². The Morgan fingerprint density at radius 3 is 2.77 bits per heavy atom. The lowest BCUT2D eigenvalue weighted by atomic mass is 9.96. The topological polar surface area (TPSA) is 68.3 Å². The van der Waals surface area contributed by atoms with Gasteiger partial charge in [-0.2, -0.15) is 5.10 Å². The smallest absolute Gasteiger partial charge is 0.258 e. The molecule has 0 bridgehead atoms. The maximum atomic E-state index is 13.2. The van der Waals surface area contributed by atoms with Crippen LogP contribution in [0.1, 0.15) is 30.0 Å². The van der Waals surface area contributed by atoms with E-state index in [4.69, 9.17) is 4.99 Å². The third-order valence-corrected chi connectivity index (χ3v) is 6.95. The van der Waals surface area contributed by atoms with Crippen LogP contribution in [0.25, 0.3) is 10.9 Å². The zero-order chi connectivity index (χ0) is 24.5. The zero-order valence-corrected chi connectivity index (χ0v) is 21.4. The minimum Gasteiger partial charge on any atom is -0.355 e. The van der Waals surface area contributed by atoms with Crippen LogP contribution in [0.15, 0.2) is 82.2 Å². The van der Waals surface area contributed by atoms with E-state index in [1.807, 2.05) is 36.3 Å². The van der Waals surface area contributed by atoms with Crippen molar-refractivity contribution in [3.63, 3.8) is 0 Å². The summed E-state index contributed by atoms with van der Waals surface area (Å²) in [6, 6.07) is 12.3. The Morgan fingerprint density at radius 2 is 1.97 bits per heavy atom. The fourth-order valence-corrected chi connectivity index (χ4v) is 4.95. The molecule has 0 aliphatic carbocycles. The van der Waals surface area contributed by atoms with Crippen molar-refractivity contribution in [3.05, 3.63) is 99.5 Å². The first-order chi connectivity index (χ1) is 16.9. The number of nitrogens with zero attached hydrogens (tertiary/aromatic N) is 6. The average Bonchev–Trinajstić information content (AvgIpc) is 3.26. The summed E-state index contributed by atoms with van der Waals surface area (Å²) in [6.45, 7) is 3.20. The van der Waals surface area contributed by atoms with Gasteiger partial charge in [0.15, 0.2) is 0 Å². The van der Waals surface area contributed by atoms with Crippen LogP contribution >= 0.6 is 9.24 Å². The van der Waals surface area contributed by atoms with E-state index >= 15 is 0 Å². The minimum atomic E-state index is -0.0428. The van der Waals surface area contributed by atoms with Crippen molar-refractivity contribution in [2.75, 3.05) is 7.05 Å². The van der Waals surface area contributed by atoms with E-state index in [0.717, 1.165) is 46.4 Å². The minimum absolute atomic E-state index is 0.0428. The molecular formula is C27H29N6OP. The summed E-state index contributed by atoms with van der Waals surface area (Å²) < 4.78 is 3.60. The number of hydrogen-bond donors (Lipinski definition) is 0. The zero-order valence-electron chi connectivity index (χ0n) is 20.3. The predicted molar refractivity (Wildman–Crippen MR) is 144 cm³/mol. The van der Waals surface area contributed by atoms with Crippen LogP contribution in [0.2, 0.25) is 0 Å². The number of benzene rings is 1. The molecule has 7 nitrogen and oxygen atoms in total. The standard InChI is InChI=1S/C27H29N6OP/c1-18-8-9-20-6-4-5-7-22(20)26(31(2)15-19-13-29-32(3)16-19)30-23(18)17-33-24-14-28-11-10-21(24)12-25(35)27(33)34/h4-7,10-14,16H,8-9,15,17,35H2,1-3H3. The second kappa shape index (κ2) is 9.59. The highest BCUT2D eigenvalue weighted by Crippen LogP contribution is 2.25. The molecule has 4 heterocycles. The molecule has 0 fully saturated rings. The van der Waals surface area contributed by atoms with E-state index in [-0.39, 0.29) is 5.56 Å². The molecule has 178 valence electrons. The monoisotopic (exact) mass is 484 g/mol. The van der Waals surface area contributed by atoms with Gasteiger partial charge in [0.25, 0.3) is 5.56 Å². The normalized spacial score (nSPS) is 13.9. The lowest BCUT2D eigenvalue weighted by Crippen LogP contribution is -2.32. The molecule has 35 heavy (non-hydrogen) atoms. The van der Waals surface area contributed by atoms with Gasteiger partial charge in [0.05, 0.1) is 30.2 Å². The van der Waals surface area contributed by atoms with Crippen LogP contribution < -0.4 is 10.9 Å². The van der Waals surface area contributed by atoms with E-state index in [1.165, 1.54) is 11.1 Å². The van der Waals surface area contributed by atoms with E-state index < -0.39 is 0 Å². The number of allylic oxidation sites excluding steroid dienone is 2. The maximum absolute atomic E-state index is 13.2. The molecular weight excluding hydrogens is 455 g/mol. The number of aryl methyl sites for hydroxylation is 2. The van der Waals surface area contributed by atoms with Gasteiger partial charge in [-0.15, -0.1) is 0 Å². The number of rotatable bonds is 4. The highest BCUT2D eigenvalue weighted by Gasteiger charge is 2.20. The summed E-state index contributed by atoms with van der Waals surface area (Å²) >= 11 is 0. The highest BCUT2D eigenvalue weighted by molar-refractivity contribution is 7.27. The summed E-state index contributed by atoms with van der Waals surface area (Å²) in [4.78, 5) is 24.9. The molecule has 1 aromatic carbocycles. The molecule has 3 aromatic heterocycles. The largest absolute Gasteiger partial charge is 0.355 e. The molecule has 5 rings (SSSR count). The number of pyridine rings is 2. The lowest BCUT2D eigenvalue weighted by Gasteiger charge is -2.26. The van der Waals surface area contributed by atoms with Crippen molar-refractivity contribution < 1.29 is 0 Å². The molecule has 8 heteroatoms. The van der Waals surface area contributed by atoms with E-state index in [0.29, 0.717) is 18.4 Å². The predicted octanol–water partition coefficient (Wildman–Crippen LogP) is 3.43. The number of amidine groups is 1. The highest BCUT2D eigenvalue weighted by atomic mass is 31.0. The van der Waals surface area contributed by atoms with Gasteiger partial charge in [-0.05, 0) is 43.0 Å². The molecule has 0 amide bonds. The van der Waals surface area contributed by atoms with Crippen molar-refractivity contribution >= 4 is 31.3 Å². The van der Waals surface area contributed by atoms with Crippen molar-refractivity contribution in [3.8, 4) is 0 Å². The number of aliphatic imine (C=N–C) groups is 1. The van der Waals surface area contributed by atoms with E-state index in [2.05, 4.69) is 62.5 Å². The molecule has 0 saturated heterocycles. The van der Waals surface area contributed by atoms with Crippen LogP contribution in [-0.4, -0.2) is 37.1 Å². The summed E-state index contributed by atoms with van der Waals surface area (Å²) in [5, 5.41) is 5.94. The SMILES string of the molecule is CC1=C(Cn2c(=O)c(P)cc3ccncc32)N=C(N(C)Cc2cnn(C)c2)c2ccccc2CC1.